The summed E-state index contributed by atoms with van der Waals surface area (Å²) in [6, 6.07) is 31.8. The van der Waals surface area contributed by atoms with Gasteiger partial charge >= 0.3 is 0 Å². The van der Waals surface area contributed by atoms with Gasteiger partial charge in [-0.25, -0.2) is 0 Å². The van der Waals surface area contributed by atoms with Crippen molar-refractivity contribution in [1.82, 2.24) is 4.90 Å². The number of nitrogens with zero attached hydrogens (tertiary/aromatic N) is 2. The van der Waals surface area contributed by atoms with Crippen molar-refractivity contribution >= 4 is 51.2 Å². The minimum Gasteiger partial charge on any atom is -0.489 e. The molecule has 0 fully saturated rings. The summed E-state index contributed by atoms with van der Waals surface area (Å²) >= 11 is 1.36. The predicted molar refractivity (Wildman–Crippen MR) is 147 cm³/mol. The molecular formula is C30H21N3O2S. The molecular weight excluding hydrogens is 466 g/mol. The quantitative estimate of drug-likeness (QED) is 0.317. The van der Waals surface area contributed by atoms with E-state index < -0.39 is 5.91 Å². The molecule has 0 spiro atoms. The van der Waals surface area contributed by atoms with Gasteiger partial charge in [0.2, 0.25) is 0 Å². The summed E-state index contributed by atoms with van der Waals surface area (Å²) in [6.07, 6.45) is 1.71. The van der Waals surface area contributed by atoms with E-state index in [1.165, 1.54) is 22.5 Å². The van der Waals surface area contributed by atoms with Gasteiger partial charge in [0.05, 0.1) is 11.3 Å². The maximum Gasteiger partial charge on any atom is 0.283 e. The van der Waals surface area contributed by atoms with E-state index in [2.05, 4.69) is 29.3 Å². The summed E-state index contributed by atoms with van der Waals surface area (Å²) in [5.41, 5.74) is 4.00. The van der Waals surface area contributed by atoms with E-state index in [0.717, 1.165) is 28.1 Å². The number of fused-ring (bicyclic) bond motifs is 2. The molecule has 2 aliphatic heterocycles. The van der Waals surface area contributed by atoms with Gasteiger partial charge in [0.25, 0.3) is 5.91 Å². The van der Waals surface area contributed by atoms with Crippen LogP contribution in [0.1, 0.15) is 16.7 Å². The lowest BCUT2D eigenvalue weighted by molar-refractivity contribution is -0.114. The van der Waals surface area contributed by atoms with Crippen molar-refractivity contribution in [3.63, 3.8) is 0 Å². The average Bonchev–Trinajstić information content (AvgIpc) is 3.35. The first-order valence-electron chi connectivity index (χ1n) is 11.5. The van der Waals surface area contributed by atoms with Gasteiger partial charge in [-0.15, -0.1) is 0 Å². The highest BCUT2D eigenvalue weighted by atomic mass is 32.2. The van der Waals surface area contributed by atoms with Crippen LogP contribution >= 0.6 is 11.8 Å². The number of benzene rings is 4. The van der Waals surface area contributed by atoms with E-state index in [4.69, 9.17) is 10.1 Å². The molecule has 5 nitrogen and oxygen atoms in total. The van der Waals surface area contributed by atoms with E-state index in [1.807, 2.05) is 78.2 Å². The van der Waals surface area contributed by atoms with E-state index in [0.29, 0.717) is 11.8 Å². The number of hydrogen-bond donors (Lipinski definition) is 1. The Morgan fingerprint density at radius 3 is 2.47 bits per heavy atom. The third-order valence-corrected chi connectivity index (χ3v) is 6.98. The SMILES string of the molecule is N=C1/C(=C/c2ccc(OCc3cccc4ccccc34)cc2)C(=O)N=C2SC=C(c3ccccc3)N12. The Kier molecular flexibility index (Phi) is 5.71. The average molecular weight is 488 g/mol. The molecule has 0 bridgehead atoms. The van der Waals surface area contributed by atoms with Crippen LogP contribution in [0.4, 0.5) is 0 Å². The maximum atomic E-state index is 12.7. The summed E-state index contributed by atoms with van der Waals surface area (Å²) in [4.78, 5) is 18.7. The molecule has 0 atom stereocenters. The second-order valence-corrected chi connectivity index (χ2v) is 9.26. The Morgan fingerprint density at radius 2 is 1.64 bits per heavy atom. The van der Waals surface area contributed by atoms with Gasteiger partial charge in [0.1, 0.15) is 18.2 Å². The van der Waals surface area contributed by atoms with Crippen LogP contribution in [0, 0.1) is 5.41 Å². The molecule has 0 unspecified atom stereocenters. The van der Waals surface area contributed by atoms with Gasteiger partial charge < -0.3 is 4.74 Å². The van der Waals surface area contributed by atoms with Crippen LogP contribution in [0.25, 0.3) is 22.5 Å². The van der Waals surface area contributed by atoms with Crippen LogP contribution in [-0.2, 0) is 11.4 Å². The van der Waals surface area contributed by atoms with Gasteiger partial charge in [-0.3, -0.25) is 15.1 Å². The minimum atomic E-state index is -0.405. The number of nitrogens with one attached hydrogen (secondary N) is 1. The normalized spacial score (nSPS) is 16.2. The van der Waals surface area contributed by atoms with Gasteiger partial charge in [0.15, 0.2) is 5.17 Å². The molecule has 0 radical (unpaired) electrons. The molecule has 174 valence electrons. The van der Waals surface area contributed by atoms with Crippen LogP contribution in [0.2, 0.25) is 0 Å². The molecule has 0 saturated heterocycles. The lowest BCUT2D eigenvalue weighted by Crippen LogP contribution is -2.37. The van der Waals surface area contributed by atoms with Crippen molar-refractivity contribution in [2.75, 3.05) is 0 Å². The predicted octanol–water partition coefficient (Wildman–Crippen LogP) is 6.72. The number of carbonyl (C=O) groups is 1. The molecule has 1 amide bonds. The van der Waals surface area contributed by atoms with Crippen LogP contribution in [0.5, 0.6) is 5.75 Å². The Labute approximate surface area is 212 Å². The van der Waals surface area contributed by atoms with Crippen LogP contribution in [-0.4, -0.2) is 21.8 Å². The summed E-state index contributed by atoms with van der Waals surface area (Å²) in [5, 5.41) is 13.6. The van der Waals surface area contributed by atoms with Crippen LogP contribution in [0.15, 0.2) is 113 Å². The van der Waals surface area contributed by atoms with Crippen molar-refractivity contribution < 1.29 is 9.53 Å². The molecule has 36 heavy (non-hydrogen) atoms. The molecule has 0 aliphatic carbocycles. The molecule has 1 N–H and O–H groups in total. The second kappa shape index (κ2) is 9.32. The van der Waals surface area contributed by atoms with Gasteiger partial charge in [-0.1, -0.05) is 96.7 Å². The zero-order chi connectivity index (χ0) is 24.5. The minimum absolute atomic E-state index is 0.126. The van der Waals surface area contributed by atoms with E-state index >= 15 is 0 Å². The fraction of sp³-hybridized carbons (Fsp3) is 0.0333. The molecule has 6 heteroatoms. The van der Waals surface area contributed by atoms with Crippen molar-refractivity contribution in [3.05, 3.63) is 125 Å². The number of amides is 1. The van der Waals surface area contributed by atoms with Crippen molar-refractivity contribution in [1.29, 1.82) is 5.41 Å². The highest BCUT2D eigenvalue weighted by Crippen LogP contribution is 2.37. The number of ether oxygens (including phenoxy) is 1. The maximum absolute atomic E-state index is 12.7. The number of carbonyl (C=O) groups excluding carboxylic acids is 1. The Morgan fingerprint density at radius 1 is 0.889 bits per heavy atom. The number of hydrogen-bond acceptors (Lipinski definition) is 4. The largest absolute Gasteiger partial charge is 0.489 e. The summed E-state index contributed by atoms with van der Waals surface area (Å²) < 4.78 is 6.04. The molecule has 6 rings (SSSR count). The van der Waals surface area contributed by atoms with Gasteiger partial charge in [-0.05, 0) is 45.7 Å². The number of rotatable bonds is 5. The zero-order valence-corrected chi connectivity index (χ0v) is 20.0. The second-order valence-electron chi connectivity index (χ2n) is 8.42. The van der Waals surface area contributed by atoms with Gasteiger partial charge in [0, 0.05) is 5.41 Å². The lowest BCUT2D eigenvalue weighted by Gasteiger charge is -2.26. The summed E-state index contributed by atoms with van der Waals surface area (Å²) in [7, 11) is 0. The van der Waals surface area contributed by atoms with Crippen molar-refractivity contribution in [2.24, 2.45) is 4.99 Å². The fourth-order valence-electron chi connectivity index (χ4n) is 4.32. The molecule has 0 saturated carbocycles. The third-order valence-electron chi connectivity index (χ3n) is 6.15. The summed E-state index contributed by atoms with van der Waals surface area (Å²) in [5.74, 6) is 0.458. The Bertz CT molecular complexity index is 1580. The first kappa shape index (κ1) is 22.1. The smallest absolute Gasteiger partial charge is 0.283 e. The molecule has 4 aromatic carbocycles. The molecule has 4 aromatic rings. The van der Waals surface area contributed by atoms with Crippen LogP contribution in [0.3, 0.4) is 0 Å². The third kappa shape index (κ3) is 4.12. The molecule has 2 heterocycles. The first-order valence-corrected chi connectivity index (χ1v) is 12.4. The fourth-order valence-corrected chi connectivity index (χ4v) is 5.21. The Hall–Kier alpha value is -4.42. The first-order chi connectivity index (χ1) is 17.7. The van der Waals surface area contributed by atoms with Crippen molar-refractivity contribution in [2.45, 2.75) is 6.61 Å². The number of amidine groups is 2. The van der Waals surface area contributed by atoms with Gasteiger partial charge in [-0.2, -0.15) is 4.99 Å². The monoisotopic (exact) mass is 487 g/mol. The van der Waals surface area contributed by atoms with E-state index in [-0.39, 0.29) is 11.4 Å². The zero-order valence-electron chi connectivity index (χ0n) is 19.2. The number of thioether (sulfide) groups is 1. The van der Waals surface area contributed by atoms with Crippen LogP contribution < -0.4 is 4.74 Å². The topological polar surface area (TPSA) is 65.8 Å². The molecule has 0 aromatic heterocycles. The summed E-state index contributed by atoms with van der Waals surface area (Å²) in [6.45, 7) is 0.462. The lowest BCUT2D eigenvalue weighted by atomic mass is 10.1. The number of aliphatic imine (C=N–C) groups is 1. The van der Waals surface area contributed by atoms with E-state index in [9.17, 15) is 4.79 Å². The van der Waals surface area contributed by atoms with E-state index in [1.54, 1.807) is 11.0 Å². The molecule has 2 aliphatic rings. The van der Waals surface area contributed by atoms with Crippen molar-refractivity contribution in [3.8, 4) is 5.75 Å². The Balaban J connectivity index is 1.20. The highest BCUT2D eigenvalue weighted by molar-refractivity contribution is 8.17. The standard InChI is InChI=1S/C30H21N3O2S/c31-28-26(29(34)32-30-33(28)27(19-36-30)22-8-2-1-3-9-22)17-20-13-15-24(16-14-20)35-18-23-11-6-10-21-7-4-5-12-25(21)23/h1-17,19,31H,18H2/b26-17-,31-28?. The highest BCUT2D eigenvalue weighted by Gasteiger charge is 2.36.